The molecule has 2 heterocycles. The summed E-state index contributed by atoms with van der Waals surface area (Å²) in [6.07, 6.45) is 4.59. The van der Waals surface area contributed by atoms with Gasteiger partial charge in [-0.3, -0.25) is 10.1 Å². The Labute approximate surface area is 166 Å². The Hall–Kier alpha value is -1.75. The molecule has 0 radical (unpaired) electrons. The van der Waals surface area contributed by atoms with Crippen LogP contribution >= 0.6 is 23.1 Å². The van der Waals surface area contributed by atoms with Crippen LogP contribution < -0.4 is 5.32 Å². The molecule has 3 rings (SSSR count). The second-order valence-corrected chi connectivity index (χ2v) is 10.1. The largest absolute Gasteiger partial charge is 0.296 e. The standard InChI is InChI=1S/C17H20N4O3S3/c1-2-12-25-17-20-19-16(26-17)18-15(22)13-6-8-14(9-7-13)27(23,24)21-10-4-3-5-11-21/h2,6-9H,1,3-5,10-12H2,(H,18,19,22). The second-order valence-electron chi connectivity index (χ2n) is 5.92. The van der Waals surface area contributed by atoms with Crippen LogP contribution in [0, 0.1) is 0 Å². The zero-order valence-electron chi connectivity index (χ0n) is 14.6. The number of benzene rings is 1. The van der Waals surface area contributed by atoms with E-state index in [-0.39, 0.29) is 10.8 Å². The summed E-state index contributed by atoms with van der Waals surface area (Å²) in [7, 11) is -3.50. The van der Waals surface area contributed by atoms with Gasteiger partial charge in [0.2, 0.25) is 15.2 Å². The van der Waals surface area contributed by atoms with E-state index in [2.05, 4.69) is 22.1 Å². The van der Waals surface area contributed by atoms with Crippen LogP contribution in [0.5, 0.6) is 0 Å². The lowest BCUT2D eigenvalue weighted by molar-refractivity contribution is 0.102. The Balaban J connectivity index is 1.66. The van der Waals surface area contributed by atoms with E-state index >= 15 is 0 Å². The Morgan fingerprint density at radius 2 is 1.93 bits per heavy atom. The molecule has 1 saturated heterocycles. The third-order valence-corrected chi connectivity index (χ3v) is 7.90. The van der Waals surface area contributed by atoms with E-state index in [1.54, 1.807) is 6.08 Å². The topological polar surface area (TPSA) is 92.3 Å². The van der Waals surface area contributed by atoms with Gasteiger partial charge in [0, 0.05) is 24.4 Å². The number of amides is 1. The number of thioether (sulfide) groups is 1. The monoisotopic (exact) mass is 424 g/mol. The van der Waals surface area contributed by atoms with Crippen molar-refractivity contribution in [2.45, 2.75) is 28.5 Å². The molecule has 0 unspecified atom stereocenters. The summed E-state index contributed by atoms with van der Waals surface area (Å²) in [6, 6.07) is 5.98. The maximum atomic E-state index is 12.6. The molecule has 0 bridgehead atoms. The highest BCUT2D eigenvalue weighted by Gasteiger charge is 2.26. The average Bonchev–Trinajstić information content (AvgIpc) is 3.14. The van der Waals surface area contributed by atoms with E-state index in [0.717, 1.165) is 29.4 Å². The van der Waals surface area contributed by atoms with Crippen LogP contribution in [-0.4, -0.2) is 47.7 Å². The number of nitrogens with zero attached hydrogens (tertiary/aromatic N) is 3. The molecule has 1 aromatic carbocycles. The smallest absolute Gasteiger partial charge is 0.257 e. The number of carbonyl (C=O) groups is 1. The van der Waals surface area contributed by atoms with Gasteiger partial charge in [0.1, 0.15) is 0 Å². The molecule has 7 nitrogen and oxygen atoms in total. The van der Waals surface area contributed by atoms with Gasteiger partial charge in [-0.15, -0.1) is 16.8 Å². The zero-order chi connectivity index (χ0) is 19.3. The fourth-order valence-corrected chi connectivity index (χ4v) is 5.68. The van der Waals surface area contributed by atoms with Crippen LogP contribution in [-0.2, 0) is 10.0 Å². The van der Waals surface area contributed by atoms with Crippen molar-refractivity contribution in [2.24, 2.45) is 0 Å². The number of sulfonamides is 1. The molecule has 144 valence electrons. The van der Waals surface area contributed by atoms with E-state index < -0.39 is 10.0 Å². The van der Waals surface area contributed by atoms with Crippen molar-refractivity contribution in [3.8, 4) is 0 Å². The highest BCUT2D eigenvalue weighted by Crippen LogP contribution is 2.26. The first-order chi connectivity index (χ1) is 13.0. The van der Waals surface area contributed by atoms with Crippen LogP contribution in [0.15, 0.2) is 46.2 Å². The molecule has 1 amide bonds. The molecule has 0 atom stereocenters. The molecule has 27 heavy (non-hydrogen) atoms. The first-order valence-electron chi connectivity index (χ1n) is 8.49. The maximum absolute atomic E-state index is 12.6. The molecule has 10 heteroatoms. The van der Waals surface area contributed by atoms with Crippen molar-refractivity contribution < 1.29 is 13.2 Å². The molecular formula is C17H20N4O3S3. The van der Waals surface area contributed by atoms with E-state index in [1.165, 1.54) is 51.7 Å². The molecule has 1 N–H and O–H groups in total. The predicted octanol–water partition coefficient (Wildman–Crippen LogP) is 3.24. The summed E-state index contributed by atoms with van der Waals surface area (Å²) in [5, 5.41) is 11.0. The number of hydrogen-bond acceptors (Lipinski definition) is 7. The van der Waals surface area contributed by atoms with Gasteiger partial charge < -0.3 is 0 Å². The summed E-state index contributed by atoms with van der Waals surface area (Å²) in [6.45, 7) is 4.74. The van der Waals surface area contributed by atoms with Crippen molar-refractivity contribution in [1.29, 1.82) is 0 Å². The van der Waals surface area contributed by atoms with E-state index in [9.17, 15) is 13.2 Å². The van der Waals surface area contributed by atoms with Crippen LogP contribution in [0.25, 0.3) is 0 Å². The lowest BCUT2D eigenvalue weighted by atomic mass is 10.2. The Morgan fingerprint density at radius 3 is 2.59 bits per heavy atom. The number of nitrogens with one attached hydrogen (secondary N) is 1. The SMILES string of the molecule is C=CCSc1nnc(NC(=O)c2ccc(S(=O)(=O)N3CCCCC3)cc2)s1. The fraction of sp³-hybridized carbons (Fsp3) is 0.353. The molecule has 2 aromatic rings. The molecule has 0 spiro atoms. The van der Waals surface area contributed by atoms with Crippen molar-refractivity contribution in [2.75, 3.05) is 24.2 Å². The van der Waals surface area contributed by atoms with E-state index in [1.807, 2.05) is 0 Å². The minimum atomic E-state index is -3.50. The Kier molecular flexibility index (Phi) is 6.64. The van der Waals surface area contributed by atoms with Gasteiger partial charge >= 0.3 is 0 Å². The number of aromatic nitrogens is 2. The minimum Gasteiger partial charge on any atom is -0.296 e. The zero-order valence-corrected chi connectivity index (χ0v) is 17.1. The van der Waals surface area contributed by atoms with Gasteiger partial charge in [-0.1, -0.05) is 35.6 Å². The van der Waals surface area contributed by atoms with Gasteiger partial charge in [0.15, 0.2) is 4.34 Å². The summed E-state index contributed by atoms with van der Waals surface area (Å²) in [5.41, 5.74) is 0.364. The highest BCUT2D eigenvalue weighted by molar-refractivity contribution is 8.01. The molecule has 1 aliphatic heterocycles. The molecule has 1 aromatic heterocycles. The fourth-order valence-electron chi connectivity index (χ4n) is 2.65. The minimum absolute atomic E-state index is 0.208. The molecular weight excluding hydrogens is 404 g/mol. The number of anilines is 1. The van der Waals surface area contributed by atoms with Crippen LogP contribution in [0.3, 0.4) is 0 Å². The van der Waals surface area contributed by atoms with Crippen LogP contribution in [0.2, 0.25) is 0 Å². The molecule has 0 saturated carbocycles. The summed E-state index contributed by atoms with van der Waals surface area (Å²) in [5.74, 6) is 0.364. The van der Waals surface area contributed by atoms with Gasteiger partial charge in [0.25, 0.3) is 5.91 Å². The third-order valence-electron chi connectivity index (χ3n) is 4.02. The third kappa shape index (κ3) is 4.95. The second kappa shape index (κ2) is 8.96. The number of hydrogen-bond donors (Lipinski definition) is 1. The van der Waals surface area contributed by atoms with Crippen molar-refractivity contribution in [3.63, 3.8) is 0 Å². The number of piperidine rings is 1. The molecule has 0 aliphatic carbocycles. The average molecular weight is 425 g/mol. The van der Waals surface area contributed by atoms with Gasteiger partial charge in [-0.2, -0.15) is 4.31 Å². The van der Waals surface area contributed by atoms with Crippen LogP contribution in [0.1, 0.15) is 29.6 Å². The van der Waals surface area contributed by atoms with Gasteiger partial charge in [-0.25, -0.2) is 8.42 Å². The quantitative estimate of drug-likeness (QED) is 0.417. The molecule has 1 aliphatic rings. The maximum Gasteiger partial charge on any atom is 0.257 e. The lowest BCUT2D eigenvalue weighted by Gasteiger charge is -2.25. The lowest BCUT2D eigenvalue weighted by Crippen LogP contribution is -2.35. The van der Waals surface area contributed by atoms with Gasteiger partial charge in [-0.05, 0) is 37.1 Å². The highest BCUT2D eigenvalue weighted by atomic mass is 32.2. The number of rotatable bonds is 7. The first-order valence-corrected chi connectivity index (χ1v) is 11.7. The summed E-state index contributed by atoms with van der Waals surface area (Å²) < 4.78 is 27.5. The Bertz CT molecular complexity index is 904. The number of carbonyl (C=O) groups excluding carboxylic acids is 1. The van der Waals surface area contributed by atoms with E-state index in [4.69, 9.17) is 0 Å². The van der Waals surface area contributed by atoms with Crippen LogP contribution in [0.4, 0.5) is 5.13 Å². The summed E-state index contributed by atoms with van der Waals surface area (Å²) in [4.78, 5) is 12.6. The van der Waals surface area contributed by atoms with Crippen molar-refractivity contribution >= 4 is 44.2 Å². The first kappa shape index (κ1) is 20.0. The molecule has 1 fully saturated rings. The van der Waals surface area contributed by atoms with E-state index in [0.29, 0.717) is 23.8 Å². The van der Waals surface area contributed by atoms with Crippen molar-refractivity contribution in [3.05, 3.63) is 42.5 Å². The Morgan fingerprint density at radius 1 is 1.22 bits per heavy atom. The predicted molar refractivity (Wildman–Crippen MR) is 108 cm³/mol. The normalized spacial score (nSPS) is 15.4. The van der Waals surface area contributed by atoms with Gasteiger partial charge in [0.05, 0.1) is 4.90 Å². The summed E-state index contributed by atoms with van der Waals surface area (Å²) >= 11 is 2.77. The van der Waals surface area contributed by atoms with Crippen molar-refractivity contribution in [1.82, 2.24) is 14.5 Å².